The predicted molar refractivity (Wildman–Crippen MR) is 248 cm³/mol. The summed E-state index contributed by atoms with van der Waals surface area (Å²) < 4.78 is 46.5. The second-order valence-corrected chi connectivity index (χ2v) is 16.8. The molecule has 2 rings (SSSR count). The molecular formula is C50H78O20. The number of aliphatic hydroxyl groups excluding tert-OH is 2. The quantitative estimate of drug-likeness (QED) is 0.0282. The molecule has 2 aliphatic heterocycles. The second-order valence-electron chi connectivity index (χ2n) is 16.8. The molecule has 0 spiro atoms. The van der Waals surface area contributed by atoms with Crippen molar-refractivity contribution in [2.45, 2.75) is 161 Å². The van der Waals surface area contributed by atoms with Gasteiger partial charge in [-0.2, -0.15) is 0 Å². The van der Waals surface area contributed by atoms with Gasteiger partial charge in [0.1, 0.15) is 11.6 Å². The van der Waals surface area contributed by atoms with Crippen molar-refractivity contribution in [3.05, 3.63) is 0 Å². The number of Topliss-reactive ketones (excluding diaryl/α,β-unsaturated/α-hetero) is 2. The molecule has 0 aromatic carbocycles. The molecule has 20 heteroatoms. The van der Waals surface area contributed by atoms with Crippen LogP contribution in [-0.4, -0.2) is 148 Å². The van der Waals surface area contributed by atoms with Crippen molar-refractivity contribution in [3.63, 3.8) is 0 Å². The lowest BCUT2D eigenvalue weighted by Crippen LogP contribution is -2.22. The molecule has 5 unspecified atom stereocenters. The lowest BCUT2D eigenvalue weighted by molar-refractivity contribution is -0.151. The van der Waals surface area contributed by atoms with Gasteiger partial charge in [-0.15, -0.1) is 12.3 Å². The SMILES string of the molecule is C#CCC(CCCOC(=O)CCC(=O)CCO)C(=O)OCCCC(CC1CO1)C(=O)OCCCCC(=O)OCC.CCOC(=O)CCCCOC(=O)C(CCCOC(=O)CCC(=O)CCO)CC1CO1. The van der Waals surface area contributed by atoms with Crippen LogP contribution in [0.3, 0.4) is 0 Å². The van der Waals surface area contributed by atoms with Crippen LogP contribution in [0.15, 0.2) is 0 Å². The van der Waals surface area contributed by atoms with Gasteiger partial charge in [-0.3, -0.25) is 43.2 Å². The van der Waals surface area contributed by atoms with Crippen LogP contribution in [0.25, 0.3) is 0 Å². The molecule has 2 fully saturated rings. The molecule has 2 aliphatic rings. The van der Waals surface area contributed by atoms with Crippen molar-refractivity contribution in [1.82, 2.24) is 0 Å². The third kappa shape index (κ3) is 35.2. The Morgan fingerprint density at radius 3 is 1.17 bits per heavy atom. The smallest absolute Gasteiger partial charge is 0.309 e. The second kappa shape index (κ2) is 40.7. The number of hydrogen-bond donors (Lipinski definition) is 2. The third-order valence-corrected chi connectivity index (χ3v) is 10.8. The molecule has 0 saturated carbocycles. The summed E-state index contributed by atoms with van der Waals surface area (Å²) in [6, 6.07) is 0. The van der Waals surface area contributed by atoms with Crippen LogP contribution in [0.2, 0.25) is 0 Å². The number of aliphatic hydroxyl groups is 2. The van der Waals surface area contributed by atoms with Gasteiger partial charge in [-0.05, 0) is 90.9 Å². The fourth-order valence-corrected chi connectivity index (χ4v) is 6.72. The summed E-state index contributed by atoms with van der Waals surface area (Å²) in [6.07, 6.45) is 12.6. The first-order chi connectivity index (χ1) is 33.8. The van der Waals surface area contributed by atoms with E-state index in [1.165, 1.54) is 0 Å². The van der Waals surface area contributed by atoms with Gasteiger partial charge < -0.3 is 52.8 Å². The first kappa shape index (κ1) is 63.0. The van der Waals surface area contributed by atoms with Crippen molar-refractivity contribution < 1.29 is 96.0 Å². The average molecular weight is 999 g/mol. The maximum absolute atomic E-state index is 12.6. The van der Waals surface area contributed by atoms with E-state index >= 15 is 0 Å². The summed E-state index contributed by atoms with van der Waals surface area (Å²) in [5.74, 6) is -1.70. The molecule has 2 heterocycles. The normalized spacial score (nSPS) is 15.5. The number of terminal acetylenes is 1. The zero-order valence-electron chi connectivity index (χ0n) is 41.3. The van der Waals surface area contributed by atoms with E-state index in [4.69, 9.17) is 59.3 Å². The van der Waals surface area contributed by atoms with Gasteiger partial charge in [0, 0.05) is 58.2 Å². The number of esters is 7. The van der Waals surface area contributed by atoms with Crippen molar-refractivity contribution >= 4 is 53.4 Å². The third-order valence-electron chi connectivity index (χ3n) is 10.8. The highest BCUT2D eigenvalue weighted by Crippen LogP contribution is 2.26. The van der Waals surface area contributed by atoms with E-state index < -0.39 is 23.8 Å². The molecule has 5 atom stereocenters. The minimum absolute atomic E-state index is 0.00792. The molecule has 0 aliphatic carbocycles. The van der Waals surface area contributed by atoms with Crippen LogP contribution in [-0.2, 0) is 85.8 Å². The molecule has 0 radical (unpaired) electrons. The predicted octanol–water partition coefficient (Wildman–Crippen LogP) is 4.41. The number of epoxide rings is 2. The largest absolute Gasteiger partial charge is 0.466 e. The number of carbonyl (C=O) groups is 9. The lowest BCUT2D eigenvalue weighted by Gasteiger charge is -2.16. The molecule has 20 nitrogen and oxygen atoms in total. The van der Waals surface area contributed by atoms with E-state index in [2.05, 4.69) is 5.92 Å². The minimum atomic E-state index is -0.537. The highest BCUT2D eigenvalue weighted by Gasteiger charge is 2.32. The number of ether oxygens (including phenoxy) is 9. The zero-order chi connectivity index (χ0) is 51.8. The van der Waals surface area contributed by atoms with Gasteiger partial charge in [0.05, 0.1) is 102 Å². The summed E-state index contributed by atoms with van der Waals surface area (Å²) in [5, 5.41) is 17.4. The van der Waals surface area contributed by atoms with Crippen molar-refractivity contribution in [2.24, 2.45) is 17.8 Å². The van der Waals surface area contributed by atoms with Crippen LogP contribution in [0.1, 0.15) is 149 Å². The highest BCUT2D eigenvalue weighted by atomic mass is 16.6. The zero-order valence-corrected chi connectivity index (χ0v) is 41.3. The molecule has 2 N–H and O–H groups in total. The fourth-order valence-electron chi connectivity index (χ4n) is 6.72. The summed E-state index contributed by atoms with van der Waals surface area (Å²) in [4.78, 5) is 106. The summed E-state index contributed by atoms with van der Waals surface area (Å²) in [6.45, 7) is 5.85. The van der Waals surface area contributed by atoms with E-state index in [1.807, 2.05) is 0 Å². The molecule has 0 bridgehead atoms. The van der Waals surface area contributed by atoms with Crippen LogP contribution >= 0.6 is 0 Å². The maximum atomic E-state index is 12.6. The average Bonchev–Trinajstić information content (AvgIpc) is 4.28. The van der Waals surface area contributed by atoms with E-state index in [-0.39, 0.29) is 157 Å². The molecule has 0 aromatic rings. The first-order valence-corrected chi connectivity index (χ1v) is 24.8. The Hall–Kier alpha value is -4.97. The van der Waals surface area contributed by atoms with Gasteiger partial charge in [0.15, 0.2) is 0 Å². The number of unbranched alkanes of at least 4 members (excludes halogenated alkanes) is 2. The van der Waals surface area contributed by atoms with Crippen molar-refractivity contribution in [2.75, 3.05) is 72.7 Å². The molecule has 0 aromatic heterocycles. The first-order valence-electron chi connectivity index (χ1n) is 24.8. The number of ketones is 2. The van der Waals surface area contributed by atoms with E-state index in [9.17, 15) is 43.2 Å². The van der Waals surface area contributed by atoms with Gasteiger partial charge in [0.25, 0.3) is 0 Å². The minimum Gasteiger partial charge on any atom is -0.466 e. The molecular weight excluding hydrogens is 921 g/mol. The number of rotatable bonds is 42. The van der Waals surface area contributed by atoms with Gasteiger partial charge in [0.2, 0.25) is 0 Å². The van der Waals surface area contributed by atoms with Crippen LogP contribution in [0.5, 0.6) is 0 Å². The van der Waals surface area contributed by atoms with Crippen LogP contribution in [0.4, 0.5) is 0 Å². The van der Waals surface area contributed by atoms with Gasteiger partial charge in [-0.1, -0.05) is 0 Å². The summed E-state index contributed by atoms with van der Waals surface area (Å²) in [7, 11) is 0. The fraction of sp³-hybridized carbons (Fsp3) is 0.780. The Labute approximate surface area is 412 Å². The number of hydrogen-bond acceptors (Lipinski definition) is 20. The Morgan fingerprint density at radius 2 is 0.814 bits per heavy atom. The lowest BCUT2D eigenvalue weighted by atomic mass is 9.98. The summed E-state index contributed by atoms with van der Waals surface area (Å²) >= 11 is 0. The topological polar surface area (TPSA) is 284 Å². The molecule has 2 saturated heterocycles. The van der Waals surface area contributed by atoms with Crippen molar-refractivity contribution in [3.8, 4) is 12.3 Å². The standard InChI is InChI=1S/C29H44O11.C21H34O9/c1-3-9-22(10-7-18-37-27(33)14-13-24(31)15-16-30)28(34)39-19-8-11-23(20-25-21-40-25)29(35)38-17-6-5-12-26(32)36-4-2;1-2-27-19(24)7-3-4-12-29-21(26)16(14-18-15-30-18)6-5-13-28-20(25)9-8-17(23)10-11-22/h1,22-23,25,30H,4-21H2,2H3;16,18,22H,2-15H2,1H3. The van der Waals surface area contributed by atoms with E-state index in [0.29, 0.717) is 110 Å². The molecule has 398 valence electrons. The number of carbonyl (C=O) groups excluding carboxylic acids is 9. The Kier molecular flexibility index (Phi) is 36.7. The van der Waals surface area contributed by atoms with Gasteiger partial charge >= 0.3 is 41.8 Å². The maximum Gasteiger partial charge on any atom is 0.309 e. The van der Waals surface area contributed by atoms with Crippen LogP contribution in [0, 0.1) is 30.1 Å². The van der Waals surface area contributed by atoms with Crippen LogP contribution < -0.4 is 0 Å². The molecule has 0 amide bonds. The molecule has 70 heavy (non-hydrogen) atoms. The Balaban J connectivity index is 0.000000729. The Morgan fingerprint density at radius 1 is 0.471 bits per heavy atom. The van der Waals surface area contributed by atoms with E-state index in [0.717, 1.165) is 0 Å². The van der Waals surface area contributed by atoms with Crippen molar-refractivity contribution in [1.29, 1.82) is 0 Å². The Bertz CT molecular complexity index is 1600. The van der Waals surface area contributed by atoms with Gasteiger partial charge in [-0.25, -0.2) is 0 Å². The van der Waals surface area contributed by atoms with E-state index in [1.54, 1.807) is 13.8 Å². The highest BCUT2D eigenvalue weighted by molar-refractivity contribution is 5.83. The monoisotopic (exact) mass is 999 g/mol. The summed E-state index contributed by atoms with van der Waals surface area (Å²) in [5.41, 5.74) is 0.